The van der Waals surface area contributed by atoms with E-state index in [0.29, 0.717) is 30.2 Å². The molecule has 1 aliphatic rings. The lowest BCUT2D eigenvalue weighted by Gasteiger charge is -2.18. The Kier molecular flexibility index (Phi) is 8.54. The van der Waals surface area contributed by atoms with Crippen LogP contribution in [-0.2, 0) is 25.7 Å². The predicted molar refractivity (Wildman–Crippen MR) is 157 cm³/mol. The summed E-state index contributed by atoms with van der Waals surface area (Å²) in [6.45, 7) is 6.32. The molecule has 1 aliphatic carbocycles. The molecule has 2 aromatic heterocycles. The van der Waals surface area contributed by atoms with Crippen LogP contribution >= 0.6 is 11.3 Å². The number of thiazole rings is 1. The maximum absolute atomic E-state index is 13.2. The molecule has 3 atom stereocenters. The van der Waals surface area contributed by atoms with Gasteiger partial charge < -0.3 is 18.9 Å². The molecule has 41 heavy (non-hydrogen) atoms. The van der Waals surface area contributed by atoms with Gasteiger partial charge >= 0.3 is 11.9 Å². The maximum atomic E-state index is 13.2. The third-order valence-corrected chi connectivity index (χ3v) is 8.43. The van der Waals surface area contributed by atoms with Crippen LogP contribution in [0.15, 0.2) is 53.9 Å². The Morgan fingerprint density at radius 2 is 1.71 bits per heavy atom. The van der Waals surface area contributed by atoms with E-state index in [1.54, 1.807) is 7.11 Å². The number of fused-ring (bicyclic) bond motifs is 1. The van der Waals surface area contributed by atoms with E-state index in [0.717, 1.165) is 38.5 Å². The molecule has 214 valence electrons. The van der Waals surface area contributed by atoms with E-state index < -0.39 is 29.9 Å². The summed E-state index contributed by atoms with van der Waals surface area (Å²) in [6, 6.07) is 15.2. The minimum Gasteiger partial charge on any atom is -0.496 e. The highest BCUT2D eigenvalue weighted by Gasteiger charge is 2.45. The Balaban J connectivity index is 1.45. The highest BCUT2D eigenvalue weighted by molar-refractivity contribution is 7.13. The Bertz CT molecular complexity index is 1550. The zero-order valence-electron chi connectivity index (χ0n) is 23.9. The van der Waals surface area contributed by atoms with Gasteiger partial charge in [0.25, 0.3) is 0 Å². The molecule has 1 fully saturated rings. The fraction of sp³-hybridized carbons (Fsp3) is 0.375. The summed E-state index contributed by atoms with van der Waals surface area (Å²) in [5.74, 6) is -0.562. The van der Waals surface area contributed by atoms with Crippen molar-refractivity contribution in [3.8, 4) is 22.2 Å². The van der Waals surface area contributed by atoms with Gasteiger partial charge in [-0.2, -0.15) is 0 Å². The summed E-state index contributed by atoms with van der Waals surface area (Å²) >= 11 is 1.54. The Labute approximate surface area is 243 Å². The molecule has 8 nitrogen and oxygen atoms in total. The number of pyridine rings is 1. The average molecular weight is 575 g/mol. The van der Waals surface area contributed by atoms with E-state index in [4.69, 9.17) is 28.9 Å². The minimum atomic E-state index is -0.668. The van der Waals surface area contributed by atoms with Crippen LogP contribution in [0, 0.1) is 18.8 Å². The van der Waals surface area contributed by atoms with Gasteiger partial charge in [0.15, 0.2) is 0 Å². The zero-order chi connectivity index (χ0) is 29.1. The lowest BCUT2D eigenvalue weighted by Crippen LogP contribution is -2.27. The first-order chi connectivity index (χ1) is 19.8. The Morgan fingerprint density at radius 3 is 2.37 bits per heavy atom. The monoisotopic (exact) mass is 574 g/mol. The SMILES string of the molecule is COC(=O)[C@@H]1C[C@@H](Oc2cc(-c3nc(C(C)C)cs3)nc3c(C)c(OC)ccc23)C[C@H]1C(=O)OCc1ccccc1. The lowest BCUT2D eigenvalue weighted by atomic mass is 9.96. The molecule has 0 spiro atoms. The van der Waals surface area contributed by atoms with Gasteiger partial charge in [-0.25, -0.2) is 9.97 Å². The molecule has 2 heterocycles. The standard InChI is InChI=1S/C32H34N2O6S/c1-18(2)26-17-41-30(34-26)25-15-28(22-11-12-27(37-4)19(3)29(22)33-25)40-21-13-23(31(35)38-5)24(14-21)32(36)39-16-20-9-7-6-8-10-20/h6-12,15,17-18,21,23-24H,13-14,16H2,1-5H3/t21-,23-,24-/m1/s1. The topological polar surface area (TPSA) is 96.8 Å². The van der Waals surface area contributed by atoms with Crippen molar-refractivity contribution in [1.29, 1.82) is 0 Å². The molecular formula is C32H34N2O6S. The molecule has 0 bridgehead atoms. The third kappa shape index (κ3) is 6.05. The fourth-order valence-corrected chi connectivity index (χ4v) is 6.19. The summed E-state index contributed by atoms with van der Waals surface area (Å²) in [4.78, 5) is 35.6. The van der Waals surface area contributed by atoms with Crippen LogP contribution in [0.25, 0.3) is 21.6 Å². The van der Waals surface area contributed by atoms with Gasteiger partial charge in [0, 0.05) is 22.4 Å². The van der Waals surface area contributed by atoms with Gasteiger partial charge in [-0.3, -0.25) is 9.59 Å². The molecule has 0 aliphatic heterocycles. The molecule has 9 heteroatoms. The van der Waals surface area contributed by atoms with Gasteiger partial charge in [-0.05, 0) is 43.4 Å². The van der Waals surface area contributed by atoms with Crippen molar-refractivity contribution >= 4 is 34.2 Å². The van der Waals surface area contributed by atoms with E-state index in [9.17, 15) is 9.59 Å². The van der Waals surface area contributed by atoms with Crippen LogP contribution in [0.4, 0.5) is 0 Å². The second-order valence-corrected chi connectivity index (χ2v) is 11.4. The molecule has 0 saturated heterocycles. The second kappa shape index (κ2) is 12.3. The van der Waals surface area contributed by atoms with Crippen LogP contribution in [-0.4, -0.2) is 42.2 Å². The van der Waals surface area contributed by atoms with Gasteiger partial charge in [-0.1, -0.05) is 44.2 Å². The van der Waals surface area contributed by atoms with Crippen LogP contribution in [0.1, 0.15) is 49.4 Å². The number of ether oxygens (including phenoxy) is 4. The number of esters is 2. The van der Waals surface area contributed by atoms with Crippen molar-refractivity contribution in [2.24, 2.45) is 11.8 Å². The van der Waals surface area contributed by atoms with Crippen molar-refractivity contribution in [2.75, 3.05) is 14.2 Å². The Hall–Kier alpha value is -3.98. The average Bonchev–Trinajstić information content (AvgIpc) is 3.65. The molecule has 0 unspecified atom stereocenters. The van der Waals surface area contributed by atoms with E-state index in [1.807, 2.05) is 55.5 Å². The first-order valence-corrected chi connectivity index (χ1v) is 14.6. The van der Waals surface area contributed by atoms with E-state index in [1.165, 1.54) is 18.4 Å². The predicted octanol–water partition coefficient (Wildman–Crippen LogP) is 6.49. The third-order valence-electron chi connectivity index (χ3n) is 7.54. The number of aryl methyl sites for hydroxylation is 1. The van der Waals surface area contributed by atoms with Crippen molar-refractivity contribution < 1.29 is 28.5 Å². The van der Waals surface area contributed by atoms with Gasteiger partial charge in [0.05, 0.1) is 37.3 Å². The zero-order valence-corrected chi connectivity index (χ0v) is 24.7. The van der Waals surface area contributed by atoms with E-state index >= 15 is 0 Å². The normalized spacial score (nSPS) is 18.4. The van der Waals surface area contributed by atoms with Crippen molar-refractivity contribution in [3.05, 3.63) is 70.7 Å². The first-order valence-electron chi connectivity index (χ1n) is 13.7. The van der Waals surface area contributed by atoms with Crippen LogP contribution in [0.5, 0.6) is 11.5 Å². The number of carbonyl (C=O) groups is 2. The summed E-state index contributed by atoms with van der Waals surface area (Å²) in [5, 5.41) is 3.66. The van der Waals surface area contributed by atoms with Crippen molar-refractivity contribution in [1.82, 2.24) is 9.97 Å². The molecule has 0 amide bonds. The molecule has 0 N–H and O–H groups in total. The van der Waals surface area contributed by atoms with Crippen molar-refractivity contribution in [3.63, 3.8) is 0 Å². The number of methoxy groups -OCH3 is 2. The number of carbonyl (C=O) groups excluding carboxylic acids is 2. The number of hydrogen-bond donors (Lipinski definition) is 0. The molecule has 2 aromatic carbocycles. The maximum Gasteiger partial charge on any atom is 0.310 e. The summed E-state index contributed by atoms with van der Waals surface area (Å²) < 4.78 is 22.8. The van der Waals surface area contributed by atoms with E-state index in [-0.39, 0.29) is 6.61 Å². The number of rotatable bonds is 9. The number of hydrogen-bond acceptors (Lipinski definition) is 9. The highest BCUT2D eigenvalue weighted by Crippen LogP contribution is 2.41. The van der Waals surface area contributed by atoms with Gasteiger partial charge in [0.2, 0.25) is 0 Å². The van der Waals surface area contributed by atoms with Crippen LogP contribution in [0.3, 0.4) is 0 Å². The number of aromatic nitrogens is 2. The molecule has 5 rings (SSSR count). The van der Waals surface area contributed by atoms with Crippen LogP contribution < -0.4 is 9.47 Å². The fourth-order valence-electron chi connectivity index (χ4n) is 5.25. The second-order valence-electron chi connectivity index (χ2n) is 10.6. The summed E-state index contributed by atoms with van der Waals surface area (Å²) in [5.41, 5.74) is 4.22. The van der Waals surface area contributed by atoms with E-state index in [2.05, 4.69) is 19.2 Å². The minimum absolute atomic E-state index is 0.140. The molecule has 0 radical (unpaired) electrons. The summed E-state index contributed by atoms with van der Waals surface area (Å²) in [7, 11) is 2.97. The largest absolute Gasteiger partial charge is 0.496 e. The van der Waals surface area contributed by atoms with Crippen molar-refractivity contribution in [2.45, 2.75) is 52.2 Å². The summed E-state index contributed by atoms with van der Waals surface area (Å²) in [6.07, 6.45) is 0.258. The number of benzene rings is 2. The lowest BCUT2D eigenvalue weighted by molar-refractivity contribution is -0.158. The smallest absolute Gasteiger partial charge is 0.310 e. The quantitative estimate of drug-likeness (QED) is 0.209. The van der Waals surface area contributed by atoms with Gasteiger partial charge in [0.1, 0.15) is 34.9 Å². The molecular weight excluding hydrogens is 540 g/mol. The molecule has 1 saturated carbocycles. The highest BCUT2D eigenvalue weighted by atomic mass is 32.1. The van der Waals surface area contributed by atoms with Crippen LogP contribution in [0.2, 0.25) is 0 Å². The van der Waals surface area contributed by atoms with Gasteiger partial charge in [-0.15, -0.1) is 11.3 Å². The first kappa shape index (κ1) is 28.5. The Morgan fingerprint density at radius 1 is 0.976 bits per heavy atom. The number of nitrogens with zero attached hydrogens (tertiary/aromatic N) is 2. The molecule has 4 aromatic rings.